The summed E-state index contributed by atoms with van der Waals surface area (Å²) in [7, 11) is 0. The Morgan fingerprint density at radius 1 is 1.18 bits per heavy atom. The maximum Gasteiger partial charge on any atom is 0.197 e. The van der Waals surface area contributed by atoms with E-state index in [1.165, 1.54) is 0 Å². The monoisotopic (exact) mass is 150 g/mol. The van der Waals surface area contributed by atoms with Crippen molar-refractivity contribution in [3.8, 4) is 0 Å². The minimum atomic E-state index is 0.281. The Balaban J connectivity index is 4.49. The van der Waals surface area contributed by atoms with Gasteiger partial charge in [-0.15, -0.1) is 25.1 Å². The number of rotatable bonds is 4. The number of hydrogen-bond acceptors (Lipinski definition) is 0. The molecule has 0 aliphatic rings. The Morgan fingerprint density at radius 3 is 1.64 bits per heavy atom. The summed E-state index contributed by atoms with van der Waals surface area (Å²) in [6.07, 6.45) is 0. The second-order valence-electron chi connectivity index (χ2n) is 3.97. The molecular weight excluding hydrogens is 131 g/mol. The maximum absolute atomic E-state index is 3.81. The van der Waals surface area contributed by atoms with E-state index in [0.717, 1.165) is 0 Å². The van der Waals surface area contributed by atoms with Gasteiger partial charge in [0.1, 0.15) is 0 Å². The molecule has 0 saturated carbocycles. The van der Waals surface area contributed by atoms with E-state index >= 15 is 0 Å². The van der Waals surface area contributed by atoms with Crippen molar-refractivity contribution in [1.29, 1.82) is 0 Å². The van der Waals surface area contributed by atoms with Crippen LogP contribution >= 0.6 is 0 Å². The van der Waals surface area contributed by atoms with Crippen molar-refractivity contribution in [1.82, 2.24) is 0 Å². The van der Waals surface area contributed by atoms with Crippen LogP contribution in [0.15, 0.2) is 25.1 Å². The first-order valence-corrected chi connectivity index (χ1v) is 4.22. The van der Waals surface area contributed by atoms with Crippen molar-refractivity contribution in [2.75, 3.05) is 0 Å². The molecule has 0 unspecified atom stereocenters. The molecule has 0 aliphatic carbocycles. The Bertz CT molecular complexity index is 137. The molecule has 0 radical (unpaired) electrons. The summed E-state index contributed by atoms with van der Waals surface area (Å²) in [5, 5.41) is 0.281. The van der Waals surface area contributed by atoms with Gasteiger partial charge in [0.15, 0.2) is 6.71 Å². The molecule has 0 aromatic carbocycles. The van der Waals surface area contributed by atoms with E-state index < -0.39 is 0 Å². The zero-order valence-corrected chi connectivity index (χ0v) is 8.22. The third-order valence-corrected chi connectivity index (χ3v) is 2.86. The van der Waals surface area contributed by atoms with E-state index in [-0.39, 0.29) is 5.31 Å². The van der Waals surface area contributed by atoms with Gasteiger partial charge in [-0.3, -0.25) is 0 Å². The Hall–Kier alpha value is -0.455. The lowest BCUT2D eigenvalue weighted by atomic mass is 9.32. The predicted octanol–water partition coefficient (Wildman–Crippen LogP) is 3.37. The van der Waals surface area contributed by atoms with Crippen LogP contribution in [-0.2, 0) is 0 Å². The van der Waals surface area contributed by atoms with Crippen molar-refractivity contribution >= 4 is 6.71 Å². The summed E-state index contributed by atoms with van der Waals surface area (Å²) in [5.74, 6) is 4.61. The van der Waals surface area contributed by atoms with Crippen molar-refractivity contribution in [2.24, 2.45) is 5.92 Å². The molecule has 0 rings (SSSR count). The van der Waals surface area contributed by atoms with Crippen LogP contribution in [0, 0.1) is 5.92 Å². The molecule has 0 aliphatic heterocycles. The normalized spacial score (nSPS) is 11.4. The minimum absolute atomic E-state index is 0.281. The van der Waals surface area contributed by atoms with Gasteiger partial charge in [-0.05, 0) is 11.2 Å². The van der Waals surface area contributed by atoms with Crippen molar-refractivity contribution in [2.45, 2.75) is 33.0 Å². The Labute approximate surface area is 71.5 Å². The minimum Gasteiger partial charge on any atom is -0.117 e. The molecule has 0 spiro atoms. The van der Waals surface area contributed by atoms with E-state index in [9.17, 15) is 0 Å². The Morgan fingerprint density at radius 2 is 1.55 bits per heavy atom. The zero-order chi connectivity index (χ0) is 9.07. The second kappa shape index (κ2) is 3.80. The number of hydrogen-bond donors (Lipinski definition) is 0. The van der Waals surface area contributed by atoms with Gasteiger partial charge in [-0.1, -0.05) is 27.7 Å². The van der Waals surface area contributed by atoms with E-state index in [1.807, 2.05) is 12.0 Å². The topological polar surface area (TPSA) is 0 Å². The summed E-state index contributed by atoms with van der Waals surface area (Å²) in [5.41, 5.74) is 0. The molecule has 0 aromatic rings. The van der Waals surface area contributed by atoms with E-state index in [1.54, 1.807) is 0 Å². The summed E-state index contributed by atoms with van der Waals surface area (Å²) in [4.78, 5) is 0. The third kappa shape index (κ3) is 2.25. The van der Waals surface area contributed by atoms with Gasteiger partial charge in [-0.2, -0.15) is 0 Å². The van der Waals surface area contributed by atoms with Crippen LogP contribution in [0.1, 0.15) is 27.7 Å². The van der Waals surface area contributed by atoms with Crippen molar-refractivity contribution in [3.05, 3.63) is 25.1 Å². The molecule has 0 amide bonds. The van der Waals surface area contributed by atoms with Gasteiger partial charge in [0.25, 0.3) is 0 Å². The van der Waals surface area contributed by atoms with E-state index in [4.69, 9.17) is 0 Å². The first-order valence-electron chi connectivity index (χ1n) is 4.22. The highest BCUT2D eigenvalue weighted by molar-refractivity contribution is 6.72. The SMILES string of the molecule is C=CB(C=C)C(C)(C)C(C)C. The van der Waals surface area contributed by atoms with Crippen LogP contribution in [0.5, 0.6) is 0 Å². The lowest BCUT2D eigenvalue weighted by molar-refractivity contribution is 0.471. The highest BCUT2D eigenvalue weighted by Gasteiger charge is 2.30. The molecule has 0 nitrogen and oxygen atoms in total. The standard InChI is InChI=1S/C10H19B/c1-7-11(8-2)10(5,6)9(3)4/h7-9H,1-2H2,3-6H3. The van der Waals surface area contributed by atoms with Crippen LogP contribution in [0.25, 0.3) is 0 Å². The molecule has 62 valence electrons. The lowest BCUT2D eigenvalue weighted by Gasteiger charge is -2.32. The average Bonchev–Trinajstić information content (AvgIpc) is 1.89. The quantitative estimate of drug-likeness (QED) is 0.539. The molecule has 1 heteroatoms. The fraction of sp³-hybridized carbons (Fsp3) is 0.600. The summed E-state index contributed by atoms with van der Waals surface area (Å²) in [6.45, 7) is 17.0. The van der Waals surface area contributed by atoms with Gasteiger partial charge in [0.05, 0.1) is 0 Å². The summed E-state index contributed by atoms with van der Waals surface area (Å²) >= 11 is 0. The van der Waals surface area contributed by atoms with Gasteiger partial charge in [-0.25, -0.2) is 0 Å². The maximum atomic E-state index is 3.81. The average molecular weight is 150 g/mol. The second-order valence-corrected chi connectivity index (χ2v) is 3.97. The molecule has 0 N–H and O–H groups in total. The van der Waals surface area contributed by atoms with Gasteiger partial charge in [0.2, 0.25) is 0 Å². The highest BCUT2D eigenvalue weighted by atomic mass is 14.2. The molecule has 0 saturated heterocycles. The van der Waals surface area contributed by atoms with E-state index in [2.05, 4.69) is 40.9 Å². The first-order chi connectivity index (χ1) is 4.96. The largest absolute Gasteiger partial charge is 0.197 e. The van der Waals surface area contributed by atoms with E-state index in [0.29, 0.717) is 12.6 Å². The summed E-state index contributed by atoms with van der Waals surface area (Å²) in [6, 6.07) is 0. The highest BCUT2D eigenvalue weighted by Crippen LogP contribution is 2.37. The van der Waals surface area contributed by atoms with Gasteiger partial charge >= 0.3 is 0 Å². The molecular formula is C10H19B. The van der Waals surface area contributed by atoms with Crippen LogP contribution in [-0.4, -0.2) is 6.71 Å². The van der Waals surface area contributed by atoms with Gasteiger partial charge in [0, 0.05) is 0 Å². The smallest absolute Gasteiger partial charge is 0.117 e. The van der Waals surface area contributed by atoms with Crippen molar-refractivity contribution in [3.63, 3.8) is 0 Å². The summed E-state index contributed by atoms with van der Waals surface area (Å²) < 4.78 is 0. The predicted molar refractivity (Wildman–Crippen MR) is 55.0 cm³/mol. The Kier molecular flexibility index (Phi) is 3.64. The van der Waals surface area contributed by atoms with Crippen LogP contribution in [0.3, 0.4) is 0 Å². The zero-order valence-electron chi connectivity index (χ0n) is 8.22. The third-order valence-electron chi connectivity index (χ3n) is 2.86. The lowest BCUT2D eigenvalue weighted by Crippen LogP contribution is -2.28. The van der Waals surface area contributed by atoms with Crippen LogP contribution < -0.4 is 0 Å². The fourth-order valence-electron chi connectivity index (χ4n) is 1.09. The molecule has 11 heavy (non-hydrogen) atoms. The van der Waals surface area contributed by atoms with Gasteiger partial charge < -0.3 is 0 Å². The molecule has 0 atom stereocenters. The van der Waals surface area contributed by atoms with Crippen molar-refractivity contribution < 1.29 is 0 Å². The first kappa shape index (κ1) is 10.5. The molecule has 0 aromatic heterocycles. The molecule has 0 heterocycles. The van der Waals surface area contributed by atoms with Crippen LogP contribution in [0.2, 0.25) is 5.31 Å². The fourth-order valence-corrected chi connectivity index (χ4v) is 1.09. The molecule has 0 fully saturated rings. The van der Waals surface area contributed by atoms with Crippen LogP contribution in [0.4, 0.5) is 0 Å². The molecule has 0 bridgehead atoms.